The molecule has 2 aromatic rings. The van der Waals surface area contributed by atoms with Gasteiger partial charge in [0.05, 0.1) is 14.2 Å². The van der Waals surface area contributed by atoms with Crippen molar-refractivity contribution in [1.82, 2.24) is 0 Å². The number of nitrogens with two attached hydrogens (primary N) is 1. The second-order valence-corrected chi connectivity index (χ2v) is 6.15. The molecule has 28 heavy (non-hydrogen) atoms. The van der Waals surface area contributed by atoms with Crippen LogP contribution in [0.15, 0.2) is 48.5 Å². The number of methoxy groups -OCH3 is 2. The molecule has 0 saturated carbocycles. The summed E-state index contributed by atoms with van der Waals surface area (Å²) in [4.78, 5) is 23.4. The van der Waals surface area contributed by atoms with Gasteiger partial charge in [-0.15, -0.1) is 0 Å². The standard InChI is InChI=1S/C21H21NO6/c1-25-20(23)27-18-9-8-16-15(12-22)10-14(13-6-4-3-5-7-13)11-17(16)19(18)28-21(24)26-2/h3-10,14H,11-12,22H2,1-2H3. The van der Waals surface area contributed by atoms with E-state index in [1.165, 1.54) is 14.2 Å². The zero-order valence-electron chi connectivity index (χ0n) is 15.6. The number of hydrogen-bond acceptors (Lipinski definition) is 7. The number of hydrogen-bond donors (Lipinski definition) is 1. The number of carbonyl (C=O) groups excluding carboxylic acids is 2. The molecule has 0 saturated heterocycles. The summed E-state index contributed by atoms with van der Waals surface area (Å²) >= 11 is 0. The van der Waals surface area contributed by atoms with E-state index in [-0.39, 0.29) is 17.4 Å². The van der Waals surface area contributed by atoms with Crippen molar-refractivity contribution in [2.75, 3.05) is 20.8 Å². The Kier molecular flexibility index (Phi) is 5.96. The van der Waals surface area contributed by atoms with E-state index in [9.17, 15) is 9.59 Å². The van der Waals surface area contributed by atoms with Crippen molar-refractivity contribution in [1.29, 1.82) is 0 Å². The molecule has 146 valence electrons. The Morgan fingerprint density at radius 2 is 1.68 bits per heavy atom. The molecule has 0 aliphatic heterocycles. The van der Waals surface area contributed by atoms with Crippen LogP contribution < -0.4 is 15.2 Å². The highest BCUT2D eigenvalue weighted by Crippen LogP contribution is 2.43. The first-order valence-corrected chi connectivity index (χ1v) is 8.71. The van der Waals surface area contributed by atoms with Crippen LogP contribution in [0.1, 0.15) is 22.6 Å². The van der Waals surface area contributed by atoms with E-state index in [2.05, 4.69) is 15.5 Å². The quantitative estimate of drug-likeness (QED) is 0.635. The summed E-state index contributed by atoms with van der Waals surface area (Å²) in [6.07, 6.45) is 0.816. The van der Waals surface area contributed by atoms with Crippen LogP contribution in [0.2, 0.25) is 0 Å². The minimum Gasteiger partial charge on any atom is -0.437 e. The van der Waals surface area contributed by atoms with Gasteiger partial charge in [0.25, 0.3) is 0 Å². The van der Waals surface area contributed by atoms with Gasteiger partial charge in [-0.05, 0) is 29.2 Å². The monoisotopic (exact) mass is 383 g/mol. The number of allylic oxidation sites excluding steroid dienone is 1. The molecule has 0 fully saturated rings. The van der Waals surface area contributed by atoms with Gasteiger partial charge in [-0.1, -0.05) is 42.5 Å². The summed E-state index contributed by atoms with van der Waals surface area (Å²) in [7, 11) is 2.40. The van der Waals surface area contributed by atoms with E-state index in [4.69, 9.17) is 15.2 Å². The zero-order chi connectivity index (χ0) is 20.1. The van der Waals surface area contributed by atoms with Crippen LogP contribution in [-0.4, -0.2) is 33.1 Å². The van der Waals surface area contributed by atoms with Crippen molar-refractivity contribution in [3.63, 3.8) is 0 Å². The molecule has 1 atom stereocenters. The third kappa shape index (κ3) is 3.99. The number of carbonyl (C=O) groups is 2. The van der Waals surface area contributed by atoms with Gasteiger partial charge in [0, 0.05) is 18.0 Å². The Balaban J connectivity index is 2.11. The van der Waals surface area contributed by atoms with Crippen LogP contribution in [0.5, 0.6) is 11.5 Å². The lowest BCUT2D eigenvalue weighted by molar-refractivity contribution is 0.110. The Hall–Kier alpha value is -3.32. The molecule has 0 heterocycles. The van der Waals surface area contributed by atoms with Crippen LogP contribution >= 0.6 is 0 Å². The van der Waals surface area contributed by atoms with E-state index in [1.807, 2.05) is 30.3 Å². The minimum atomic E-state index is -0.917. The number of fused-ring (bicyclic) bond motifs is 1. The molecule has 0 bridgehead atoms. The van der Waals surface area contributed by atoms with Crippen LogP contribution in [0.3, 0.4) is 0 Å². The Bertz CT molecular complexity index is 907. The van der Waals surface area contributed by atoms with Crippen molar-refractivity contribution in [3.05, 3.63) is 65.2 Å². The lowest BCUT2D eigenvalue weighted by Gasteiger charge is -2.26. The largest absolute Gasteiger partial charge is 0.513 e. The SMILES string of the molecule is COC(=O)Oc1ccc2c(c1OC(=O)OC)CC(c1ccccc1)C=C2CN. The molecule has 2 aromatic carbocycles. The first kappa shape index (κ1) is 19.4. The van der Waals surface area contributed by atoms with E-state index < -0.39 is 12.3 Å². The molecule has 2 N–H and O–H groups in total. The van der Waals surface area contributed by atoms with Gasteiger partial charge in [0.2, 0.25) is 0 Å². The summed E-state index contributed by atoms with van der Waals surface area (Å²) in [6.45, 7) is 0.311. The lowest BCUT2D eigenvalue weighted by atomic mass is 9.80. The molecule has 0 spiro atoms. The molecule has 1 aliphatic carbocycles. The lowest BCUT2D eigenvalue weighted by Crippen LogP contribution is -2.18. The predicted molar refractivity (Wildman–Crippen MR) is 102 cm³/mol. The summed E-state index contributed by atoms with van der Waals surface area (Å²) in [5.74, 6) is 0.219. The fourth-order valence-corrected chi connectivity index (χ4v) is 3.26. The summed E-state index contributed by atoms with van der Waals surface area (Å²) in [5, 5.41) is 0. The first-order chi connectivity index (χ1) is 13.6. The smallest absolute Gasteiger partial charge is 0.437 e. The fourth-order valence-electron chi connectivity index (χ4n) is 3.26. The van der Waals surface area contributed by atoms with Crippen LogP contribution in [0, 0.1) is 0 Å². The molecular weight excluding hydrogens is 362 g/mol. The Morgan fingerprint density at radius 3 is 2.32 bits per heavy atom. The molecule has 0 amide bonds. The minimum absolute atomic E-state index is 0.0284. The molecule has 3 rings (SSSR count). The van der Waals surface area contributed by atoms with E-state index in [1.54, 1.807) is 12.1 Å². The van der Waals surface area contributed by atoms with Gasteiger partial charge in [-0.2, -0.15) is 0 Å². The average molecular weight is 383 g/mol. The maximum atomic E-state index is 11.8. The second-order valence-electron chi connectivity index (χ2n) is 6.15. The van der Waals surface area contributed by atoms with Crippen molar-refractivity contribution < 1.29 is 28.5 Å². The fraction of sp³-hybridized carbons (Fsp3) is 0.238. The first-order valence-electron chi connectivity index (χ1n) is 8.71. The molecule has 7 nitrogen and oxygen atoms in total. The molecular formula is C21H21NO6. The number of ether oxygens (including phenoxy) is 4. The van der Waals surface area contributed by atoms with E-state index >= 15 is 0 Å². The second kappa shape index (κ2) is 8.58. The summed E-state index contributed by atoms with van der Waals surface area (Å²) in [6, 6.07) is 13.2. The summed E-state index contributed by atoms with van der Waals surface area (Å²) < 4.78 is 19.7. The topological polar surface area (TPSA) is 97.1 Å². The van der Waals surface area contributed by atoms with Gasteiger partial charge in [-0.3, -0.25) is 0 Å². The van der Waals surface area contributed by atoms with Gasteiger partial charge in [-0.25, -0.2) is 9.59 Å². The van der Waals surface area contributed by atoms with Crippen molar-refractivity contribution in [3.8, 4) is 11.5 Å². The predicted octanol–water partition coefficient (Wildman–Crippen LogP) is 3.66. The Morgan fingerprint density at radius 1 is 1.00 bits per heavy atom. The van der Waals surface area contributed by atoms with Crippen molar-refractivity contribution in [2.24, 2.45) is 5.73 Å². The molecule has 7 heteroatoms. The third-order valence-corrected chi connectivity index (χ3v) is 4.56. The van der Waals surface area contributed by atoms with Crippen LogP contribution in [-0.2, 0) is 15.9 Å². The van der Waals surface area contributed by atoms with Crippen molar-refractivity contribution in [2.45, 2.75) is 12.3 Å². The highest BCUT2D eigenvalue weighted by molar-refractivity contribution is 5.79. The molecule has 1 unspecified atom stereocenters. The highest BCUT2D eigenvalue weighted by atomic mass is 16.7. The van der Waals surface area contributed by atoms with Crippen LogP contribution in [0.4, 0.5) is 9.59 Å². The van der Waals surface area contributed by atoms with Gasteiger partial charge in [0.15, 0.2) is 11.5 Å². The number of rotatable bonds is 4. The maximum absolute atomic E-state index is 11.8. The summed E-state index contributed by atoms with van der Waals surface area (Å²) in [5.41, 5.74) is 9.53. The molecule has 1 aliphatic rings. The Labute approximate surface area is 162 Å². The molecule has 0 radical (unpaired) electrons. The average Bonchev–Trinajstić information content (AvgIpc) is 2.74. The zero-order valence-corrected chi connectivity index (χ0v) is 15.6. The van der Waals surface area contributed by atoms with E-state index in [0.717, 1.165) is 16.7 Å². The van der Waals surface area contributed by atoms with Crippen LogP contribution in [0.25, 0.3) is 5.57 Å². The van der Waals surface area contributed by atoms with Gasteiger partial charge < -0.3 is 24.7 Å². The molecule has 0 aromatic heterocycles. The van der Waals surface area contributed by atoms with Crippen molar-refractivity contribution >= 4 is 17.9 Å². The van der Waals surface area contributed by atoms with E-state index in [0.29, 0.717) is 18.5 Å². The normalized spacial score (nSPS) is 15.1. The third-order valence-electron chi connectivity index (χ3n) is 4.56. The number of benzene rings is 2. The maximum Gasteiger partial charge on any atom is 0.513 e. The van der Waals surface area contributed by atoms with Gasteiger partial charge in [0.1, 0.15) is 0 Å². The van der Waals surface area contributed by atoms with Gasteiger partial charge >= 0.3 is 12.3 Å². The highest BCUT2D eigenvalue weighted by Gasteiger charge is 2.28.